The van der Waals surface area contributed by atoms with Crippen LogP contribution in [-0.4, -0.2) is 50.0 Å². The van der Waals surface area contributed by atoms with Gasteiger partial charge in [-0.05, 0) is 49.9 Å². The molecule has 1 amide bonds. The van der Waals surface area contributed by atoms with Gasteiger partial charge in [-0.3, -0.25) is 4.79 Å². The molecule has 1 aliphatic carbocycles. The SMILES string of the molecule is O=C(NCC1(CO)CC1)c1ccc(S(=O)(=O)N2CCCC2)cc1. The van der Waals surface area contributed by atoms with Crippen LogP contribution in [0.25, 0.3) is 0 Å². The Morgan fingerprint density at radius 3 is 2.30 bits per heavy atom. The van der Waals surface area contributed by atoms with E-state index in [4.69, 9.17) is 0 Å². The molecule has 3 rings (SSSR count). The van der Waals surface area contributed by atoms with Gasteiger partial charge in [0, 0.05) is 30.6 Å². The van der Waals surface area contributed by atoms with Crippen molar-refractivity contribution in [2.75, 3.05) is 26.2 Å². The van der Waals surface area contributed by atoms with Crippen LogP contribution in [0.2, 0.25) is 0 Å². The van der Waals surface area contributed by atoms with Crippen LogP contribution in [0.1, 0.15) is 36.0 Å². The van der Waals surface area contributed by atoms with Gasteiger partial charge in [0.05, 0.1) is 11.5 Å². The van der Waals surface area contributed by atoms with Crippen LogP contribution >= 0.6 is 0 Å². The predicted octanol–water partition coefficient (Wildman–Crippen LogP) is 0.973. The van der Waals surface area contributed by atoms with Crippen LogP contribution in [0.5, 0.6) is 0 Å². The predicted molar refractivity (Wildman–Crippen MR) is 85.5 cm³/mol. The van der Waals surface area contributed by atoms with Crippen LogP contribution in [0.4, 0.5) is 0 Å². The molecule has 2 aliphatic rings. The number of carbonyl (C=O) groups is 1. The van der Waals surface area contributed by atoms with Gasteiger partial charge >= 0.3 is 0 Å². The highest BCUT2D eigenvalue weighted by molar-refractivity contribution is 7.89. The van der Waals surface area contributed by atoms with Crippen LogP contribution in [0.3, 0.4) is 0 Å². The van der Waals surface area contributed by atoms with Crippen molar-refractivity contribution in [1.82, 2.24) is 9.62 Å². The van der Waals surface area contributed by atoms with E-state index in [-0.39, 0.29) is 22.8 Å². The summed E-state index contributed by atoms with van der Waals surface area (Å²) in [4.78, 5) is 12.3. The van der Waals surface area contributed by atoms with E-state index >= 15 is 0 Å². The number of rotatable bonds is 6. The lowest BCUT2D eigenvalue weighted by Gasteiger charge is -2.16. The second kappa shape index (κ2) is 6.22. The summed E-state index contributed by atoms with van der Waals surface area (Å²) in [5.74, 6) is -0.241. The molecule has 7 heteroatoms. The molecule has 0 radical (unpaired) electrons. The molecule has 1 saturated heterocycles. The van der Waals surface area contributed by atoms with E-state index in [9.17, 15) is 18.3 Å². The van der Waals surface area contributed by atoms with E-state index in [0.29, 0.717) is 25.2 Å². The summed E-state index contributed by atoms with van der Waals surface area (Å²) >= 11 is 0. The van der Waals surface area contributed by atoms with E-state index in [1.165, 1.54) is 28.6 Å². The number of aliphatic hydroxyl groups excluding tert-OH is 1. The summed E-state index contributed by atoms with van der Waals surface area (Å²) in [5.41, 5.74) is 0.286. The van der Waals surface area contributed by atoms with E-state index in [2.05, 4.69) is 5.32 Å². The quantitative estimate of drug-likeness (QED) is 0.809. The van der Waals surface area contributed by atoms with Crippen LogP contribution in [-0.2, 0) is 10.0 Å². The average Bonchev–Trinajstić information content (AvgIpc) is 3.13. The molecular weight excluding hydrogens is 316 g/mol. The van der Waals surface area contributed by atoms with Gasteiger partial charge in [0.15, 0.2) is 0 Å². The molecular formula is C16H22N2O4S. The smallest absolute Gasteiger partial charge is 0.251 e. The van der Waals surface area contributed by atoms with E-state index in [0.717, 1.165) is 25.7 Å². The Kier molecular flexibility index (Phi) is 4.44. The highest BCUT2D eigenvalue weighted by Crippen LogP contribution is 2.44. The van der Waals surface area contributed by atoms with Crippen molar-refractivity contribution >= 4 is 15.9 Å². The number of aliphatic hydroxyl groups is 1. The molecule has 0 bridgehead atoms. The van der Waals surface area contributed by atoms with E-state index < -0.39 is 10.0 Å². The third kappa shape index (κ3) is 3.41. The minimum absolute atomic E-state index is 0.0836. The third-order valence-corrected chi connectivity index (χ3v) is 6.65. The van der Waals surface area contributed by atoms with Gasteiger partial charge in [-0.1, -0.05) is 0 Å². The van der Waals surface area contributed by atoms with Crippen molar-refractivity contribution in [3.05, 3.63) is 29.8 Å². The molecule has 0 unspecified atom stereocenters. The Morgan fingerprint density at radius 1 is 1.17 bits per heavy atom. The van der Waals surface area contributed by atoms with Gasteiger partial charge in [0.2, 0.25) is 10.0 Å². The maximum atomic E-state index is 12.4. The van der Waals surface area contributed by atoms with Gasteiger partial charge in [0.25, 0.3) is 5.91 Å². The zero-order valence-corrected chi connectivity index (χ0v) is 13.8. The van der Waals surface area contributed by atoms with Crippen molar-refractivity contribution in [2.45, 2.75) is 30.6 Å². The molecule has 1 aromatic rings. The maximum absolute atomic E-state index is 12.4. The molecule has 1 aliphatic heterocycles. The summed E-state index contributed by atoms with van der Waals surface area (Å²) in [6.45, 7) is 1.66. The van der Waals surface area contributed by atoms with Gasteiger partial charge < -0.3 is 10.4 Å². The minimum atomic E-state index is -3.44. The van der Waals surface area contributed by atoms with Crippen molar-refractivity contribution in [1.29, 1.82) is 0 Å². The molecule has 1 saturated carbocycles. The number of hydrogen-bond donors (Lipinski definition) is 2. The lowest BCUT2D eigenvalue weighted by molar-refractivity contribution is 0.0935. The number of nitrogens with one attached hydrogen (secondary N) is 1. The lowest BCUT2D eigenvalue weighted by Crippen LogP contribution is -2.32. The first-order valence-electron chi connectivity index (χ1n) is 7.96. The largest absolute Gasteiger partial charge is 0.396 e. The number of carbonyl (C=O) groups excluding carboxylic acids is 1. The van der Waals surface area contributed by atoms with Crippen molar-refractivity contribution < 1.29 is 18.3 Å². The molecule has 2 fully saturated rings. The van der Waals surface area contributed by atoms with Gasteiger partial charge in [-0.15, -0.1) is 0 Å². The first-order valence-corrected chi connectivity index (χ1v) is 9.40. The van der Waals surface area contributed by atoms with Gasteiger partial charge in [-0.25, -0.2) is 8.42 Å². The maximum Gasteiger partial charge on any atom is 0.251 e. The Morgan fingerprint density at radius 2 is 1.78 bits per heavy atom. The average molecular weight is 338 g/mol. The standard InChI is InChI=1S/C16H22N2O4S/c19-12-16(7-8-16)11-17-15(20)13-3-5-14(6-4-13)23(21,22)18-9-1-2-10-18/h3-6,19H,1-2,7-12H2,(H,17,20). The number of benzene rings is 1. The summed E-state index contributed by atoms with van der Waals surface area (Å²) in [7, 11) is -3.44. The second-order valence-corrected chi connectivity index (χ2v) is 8.41. The number of hydrogen-bond acceptors (Lipinski definition) is 4. The van der Waals surface area contributed by atoms with Crippen molar-refractivity contribution in [2.24, 2.45) is 5.41 Å². The molecule has 23 heavy (non-hydrogen) atoms. The molecule has 0 aromatic heterocycles. The van der Waals surface area contributed by atoms with Crippen molar-refractivity contribution in [3.63, 3.8) is 0 Å². The third-order valence-electron chi connectivity index (χ3n) is 4.74. The topological polar surface area (TPSA) is 86.7 Å². The highest BCUT2D eigenvalue weighted by atomic mass is 32.2. The summed E-state index contributed by atoms with van der Waals surface area (Å²) in [6.07, 6.45) is 3.65. The molecule has 6 nitrogen and oxygen atoms in total. The lowest BCUT2D eigenvalue weighted by atomic mass is 10.1. The van der Waals surface area contributed by atoms with Crippen LogP contribution < -0.4 is 5.32 Å². The molecule has 126 valence electrons. The Labute approximate surface area is 136 Å². The van der Waals surface area contributed by atoms with Gasteiger partial charge in [0.1, 0.15) is 0 Å². The fourth-order valence-electron chi connectivity index (χ4n) is 2.79. The van der Waals surface area contributed by atoms with Crippen LogP contribution in [0, 0.1) is 5.41 Å². The van der Waals surface area contributed by atoms with Crippen LogP contribution in [0.15, 0.2) is 29.2 Å². The minimum Gasteiger partial charge on any atom is -0.396 e. The number of nitrogens with zero attached hydrogens (tertiary/aromatic N) is 1. The Bertz CT molecular complexity index is 675. The molecule has 1 heterocycles. The second-order valence-electron chi connectivity index (χ2n) is 6.48. The molecule has 1 aromatic carbocycles. The van der Waals surface area contributed by atoms with E-state index in [1.807, 2.05) is 0 Å². The fraction of sp³-hybridized carbons (Fsp3) is 0.562. The summed E-state index contributed by atoms with van der Waals surface area (Å²) in [5, 5.41) is 12.1. The molecule has 0 atom stereocenters. The van der Waals surface area contributed by atoms with E-state index in [1.54, 1.807) is 0 Å². The Balaban J connectivity index is 1.65. The Hall–Kier alpha value is -1.44. The summed E-state index contributed by atoms with van der Waals surface area (Å²) < 4.78 is 26.3. The first-order chi connectivity index (χ1) is 11.0. The first kappa shape index (κ1) is 16.4. The normalized spacial score (nSPS) is 20.4. The zero-order chi connectivity index (χ0) is 16.5. The fourth-order valence-corrected chi connectivity index (χ4v) is 4.31. The van der Waals surface area contributed by atoms with Crippen molar-refractivity contribution in [3.8, 4) is 0 Å². The molecule has 2 N–H and O–H groups in total. The number of amides is 1. The zero-order valence-electron chi connectivity index (χ0n) is 13.0. The molecule has 0 spiro atoms. The monoisotopic (exact) mass is 338 g/mol. The number of sulfonamides is 1. The van der Waals surface area contributed by atoms with Gasteiger partial charge in [-0.2, -0.15) is 4.31 Å². The highest BCUT2D eigenvalue weighted by Gasteiger charge is 2.42. The summed E-state index contributed by atoms with van der Waals surface area (Å²) in [6, 6.07) is 6.05.